The van der Waals surface area contributed by atoms with Gasteiger partial charge in [0.25, 0.3) is 0 Å². The fraction of sp³-hybridized carbons (Fsp3) is 0.405. The van der Waals surface area contributed by atoms with E-state index in [1.807, 2.05) is 88.4 Å². The first-order valence-corrected chi connectivity index (χ1v) is 35.1. The summed E-state index contributed by atoms with van der Waals surface area (Å²) in [5.74, 6) is 1.31. The van der Waals surface area contributed by atoms with E-state index in [9.17, 15) is 19.2 Å². The predicted octanol–water partition coefficient (Wildman–Crippen LogP) is 11.3. The van der Waals surface area contributed by atoms with Crippen LogP contribution in [0.25, 0.3) is 0 Å². The number of carbonyl (C=O) groups is 6. The minimum atomic E-state index is -0.668. The molecule has 23 nitrogen and oxygen atoms in total. The normalized spacial score (nSPS) is 17.7. The van der Waals surface area contributed by atoms with Gasteiger partial charge in [-0.25, -0.2) is 9.59 Å². The van der Waals surface area contributed by atoms with Crippen molar-refractivity contribution in [2.75, 3.05) is 119 Å². The van der Waals surface area contributed by atoms with Gasteiger partial charge < -0.3 is 63.4 Å². The molecule has 27 heteroatoms. The van der Waals surface area contributed by atoms with Crippen LogP contribution in [0.5, 0.6) is 23.0 Å². The Bertz CT molecular complexity index is 3680. The SMILES string of the molecule is COc1ccc(C2=NC(c3ccc(Cl)cc3)C(c3ccc(Cl)cc3)N2C(=O)N2CCN(CC(=O)NCCCOCCOCCOCCCNC(=O)CN3CCN(C(=O)N4C(c5ccc(OC)cc5OC(C)C)=NC(c5ccc(Cl)cc5)C4c4ccc(Cl)cc4)CC3=O)C(=O)C2)c(OC(C)C)c1. The first-order valence-electron chi connectivity index (χ1n) is 33.6. The van der Waals surface area contributed by atoms with E-state index in [1.54, 1.807) is 96.8 Å². The number of rotatable bonds is 30. The number of piperazine rings is 2. The van der Waals surface area contributed by atoms with Crippen LogP contribution in [0.3, 0.4) is 0 Å². The zero-order valence-electron chi connectivity index (χ0n) is 57.3. The molecule has 6 aromatic carbocycles. The Morgan fingerprint density at radius 1 is 0.465 bits per heavy atom. The summed E-state index contributed by atoms with van der Waals surface area (Å²) >= 11 is 25.5. The largest absolute Gasteiger partial charge is 0.497 e. The van der Waals surface area contributed by atoms with Crippen molar-refractivity contribution < 1.29 is 61.9 Å². The Kier molecular flexibility index (Phi) is 26.6. The van der Waals surface area contributed by atoms with Crippen LogP contribution < -0.4 is 29.6 Å². The van der Waals surface area contributed by atoms with Crippen LogP contribution in [0.4, 0.5) is 9.59 Å². The van der Waals surface area contributed by atoms with E-state index in [4.69, 9.17) is 89.5 Å². The molecule has 0 aromatic heterocycles. The molecule has 2 saturated heterocycles. The summed E-state index contributed by atoms with van der Waals surface area (Å²) in [6.07, 6.45) is 0.600. The highest BCUT2D eigenvalue weighted by Gasteiger charge is 2.48. The summed E-state index contributed by atoms with van der Waals surface area (Å²) in [7, 11) is 3.13. The van der Waals surface area contributed by atoms with E-state index in [0.717, 1.165) is 22.3 Å². The van der Waals surface area contributed by atoms with Gasteiger partial charge >= 0.3 is 12.1 Å². The summed E-state index contributed by atoms with van der Waals surface area (Å²) < 4.78 is 40.8. The van der Waals surface area contributed by atoms with Crippen molar-refractivity contribution in [2.45, 2.75) is 76.9 Å². The van der Waals surface area contributed by atoms with Crippen LogP contribution in [0.1, 0.15) is 98.1 Å². The Morgan fingerprint density at radius 2 is 0.802 bits per heavy atom. The van der Waals surface area contributed by atoms with Gasteiger partial charge in [0.2, 0.25) is 23.6 Å². The van der Waals surface area contributed by atoms with Crippen LogP contribution in [-0.4, -0.2) is 208 Å². The van der Waals surface area contributed by atoms with E-state index in [1.165, 1.54) is 19.6 Å². The highest BCUT2D eigenvalue weighted by atomic mass is 35.5. The van der Waals surface area contributed by atoms with E-state index in [2.05, 4.69) is 10.6 Å². The number of carbonyl (C=O) groups excluding carboxylic acids is 6. The maximum Gasteiger partial charge on any atom is 0.326 e. The van der Waals surface area contributed by atoms with Gasteiger partial charge in [0, 0.05) is 84.7 Å². The molecule has 4 aliphatic heterocycles. The van der Waals surface area contributed by atoms with Crippen molar-refractivity contribution in [3.8, 4) is 23.0 Å². The molecule has 4 aliphatic rings. The summed E-state index contributed by atoms with van der Waals surface area (Å²) in [6.45, 7) is 10.0. The van der Waals surface area contributed by atoms with Gasteiger partial charge in [0.1, 0.15) is 59.8 Å². The molecule has 8 amide bonds. The maximum atomic E-state index is 15.1. The number of amides is 8. The molecule has 4 heterocycles. The van der Waals surface area contributed by atoms with Crippen LogP contribution in [0.15, 0.2) is 143 Å². The third-order valence-corrected chi connectivity index (χ3v) is 18.2. The summed E-state index contributed by atoms with van der Waals surface area (Å²) in [4.78, 5) is 104. The van der Waals surface area contributed by atoms with Crippen LogP contribution in [-0.2, 0) is 33.4 Å². The number of hydrogen-bond donors (Lipinski definition) is 2. The third kappa shape index (κ3) is 19.5. The second kappa shape index (κ2) is 35.8. The van der Waals surface area contributed by atoms with Crippen LogP contribution >= 0.6 is 46.4 Å². The molecule has 2 N–H and O–H groups in total. The molecule has 0 radical (unpaired) electrons. The fourth-order valence-electron chi connectivity index (χ4n) is 12.2. The molecule has 0 aliphatic carbocycles. The first-order chi connectivity index (χ1) is 48.8. The molecule has 101 heavy (non-hydrogen) atoms. The van der Waals surface area contributed by atoms with Crippen LogP contribution in [0, 0.1) is 0 Å². The van der Waals surface area contributed by atoms with Gasteiger partial charge in [0.05, 0.1) is 89.2 Å². The van der Waals surface area contributed by atoms with Crippen LogP contribution in [0.2, 0.25) is 20.1 Å². The van der Waals surface area contributed by atoms with E-state index < -0.39 is 36.2 Å². The smallest absolute Gasteiger partial charge is 0.326 e. The van der Waals surface area contributed by atoms with Gasteiger partial charge in [-0.1, -0.05) is 94.9 Å². The standard InChI is InChI=1S/C74H84Cl4N10O13/c1-47(2)100-61-41-57(95-5)25-27-59(61)71-81-67(49-9-17-53(75)18-10-49)69(51-13-21-55(77)22-14-51)87(71)73(93)85-33-31-83(65(91)45-85)43-63(89)79-29-7-35-97-37-39-99-40-38-98-36-8-30-80-64(90)44-84-32-34-86(46-66(84)92)74(94)88-70(52-15-23-56(78)24-16-52)68(50-11-19-54(76)20-12-50)82-72(88)60-28-26-58(96-6)42-62(60)101-48(3)4/h9-28,41-42,47-48,67-70H,7-8,29-40,43-46H2,1-6H3,(H,79,89)(H,80,90). The molecule has 4 atom stereocenters. The third-order valence-electron chi connectivity index (χ3n) is 17.1. The van der Waals surface area contributed by atoms with Gasteiger partial charge in [-0.3, -0.25) is 39.0 Å². The molecule has 0 bridgehead atoms. The highest BCUT2D eigenvalue weighted by molar-refractivity contribution is 6.31. The van der Waals surface area contributed by atoms with Crippen molar-refractivity contribution in [2.24, 2.45) is 9.98 Å². The number of ether oxygens (including phenoxy) is 7. The molecule has 2 fully saturated rings. The lowest BCUT2D eigenvalue weighted by Crippen LogP contribution is -2.57. The molecule has 536 valence electrons. The second-order valence-electron chi connectivity index (χ2n) is 25.0. The summed E-state index contributed by atoms with van der Waals surface area (Å²) in [5.41, 5.74) is 4.26. The quantitative estimate of drug-likeness (QED) is 0.0400. The average Bonchev–Trinajstić information content (AvgIpc) is 1.61. The topological polar surface area (TPSA) is 235 Å². The zero-order chi connectivity index (χ0) is 71.7. The number of halogens is 4. The first kappa shape index (κ1) is 75.0. The van der Waals surface area contributed by atoms with Crippen molar-refractivity contribution in [3.63, 3.8) is 0 Å². The molecular formula is C74H84Cl4N10O13. The number of hydrogen-bond acceptors (Lipinski definition) is 15. The van der Waals surface area contributed by atoms with Crippen molar-refractivity contribution in [1.82, 2.24) is 40.0 Å². The highest BCUT2D eigenvalue weighted by Crippen LogP contribution is 2.48. The number of amidine groups is 2. The minimum absolute atomic E-state index is 0.129. The van der Waals surface area contributed by atoms with Crippen molar-refractivity contribution in [1.29, 1.82) is 0 Å². The Hall–Kier alpha value is -8.68. The number of nitrogens with one attached hydrogen (secondary N) is 2. The minimum Gasteiger partial charge on any atom is -0.497 e. The lowest BCUT2D eigenvalue weighted by atomic mass is 9.93. The number of methoxy groups -OCH3 is 2. The lowest BCUT2D eigenvalue weighted by molar-refractivity contribution is -0.139. The zero-order valence-corrected chi connectivity index (χ0v) is 60.3. The monoisotopic (exact) mass is 1460 g/mol. The summed E-state index contributed by atoms with van der Waals surface area (Å²) in [6, 6.07) is 36.5. The molecular weight excluding hydrogens is 1380 g/mol. The van der Waals surface area contributed by atoms with Gasteiger partial charge in [-0.2, -0.15) is 0 Å². The van der Waals surface area contributed by atoms with E-state index >= 15 is 9.59 Å². The van der Waals surface area contributed by atoms with E-state index in [-0.39, 0.29) is 88.2 Å². The van der Waals surface area contributed by atoms with Gasteiger partial charge in [0.15, 0.2) is 0 Å². The Morgan fingerprint density at radius 3 is 1.13 bits per heavy atom. The fourth-order valence-corrected chi connectivity index (χ4v) is 12.7. The van der Waals surface area contributed by atoms with Crippen molar-refractivity contribution in [3.05, 3.63) is 187 Å². The number of benzene rings is 6. The average molecular weight is 1460 g/mol. The molecule has 4 unspecified atom stereocenters. The molecule has 0 spiro atoms. The lowest BCUT2D eigenvalue weighted by Gasteiger charge is -2.38. The number of urea groups is 2. The molecule has 0 saturated carbocycles. The van der Waals surface area contributed by atoms with Crippen molar-refractivity contribution >= 4 is 93.8 Å². The predicted molar refractivity (Wildman–Crippen MR) is 386 cm³/mol. The summed E-state index contributed by atoms with van der Waals surface area (Å²) in [5, 5.41) is 7.87. The Balaban J connectivity index is 0.612. The number of nitrogens with zero attached hydrogens (tertiary/aromatic N) is 8. The van der Waals surface area contributed by atoms with E-state index in [0.29, 0.717) is 131 Å². The Labute approximate surface area is 608 Å². The molecule has 10 rings (SSSR count). The second-order valence-corrected chi connectivity index (χ2v) is 26.7. The van der Waals surface area contributed by atoms with Gasteiger partial charge in [-0.05, 0) is 136 Å². The maximum absolute atomic E-state index is 15.1. The number of aliphatic imine (C=N–C) groups is 2. The molecule has 6 aromatic rings. The van der Waals surface area contributed by atoms with Gasteiger partial charge in [-0.15, -0.1) is 0 Å².